The van der Waals surface area contributed by atoms with E-state index in [-0.39, 0.29) is 6.61 Å². The molecule has 0 aromatic rings. The van der Waals surface area contributed by atoms with Gasteiger partial charge in [0.2, 0.25) is 0 Å². The summed E-state index contributed by atoms with van der Waals surface area (Å²) >= 11 is 6.39. The second-order valence-corrected chi connectivity index (χ2v) is 6.43. The molecule has 13 heavy (non-hydrogen) atoms. The van der Waals surface area contributed by atoms with Crippen LogP contribution in [-0.2, 0) is 16.4 Å². The van der Waals surface area contributed by atoms with Crippen LogP contribution in [0.3, 0.4) is 0 Å². The van der Waals surface area contributed by atoms with Crippen molar-refractivity contribution in [3.8, 4) is 0 Å². The monoisotopic (exact) mass is 274 g/mol. The molecule has 0 fully saturated rings. The second kappa shape index (κ2) is 9.54. The number of hydrogen-bond acceptors (Lipinski definition) is 3. The fourth-order valence-electron chi connectivity index (χ4n) is 0. The average molecular weight is 274 g/mol. The fraction of sp³-hybridized carbons (Fsp3) is 1.00. The second-order valence-electron chi connectivity index (χ2n) is 1.34. The van der Waals surface area contributed by atoms with E-state index in [0.29, 0.717) is 0 Å². The highest BCUT2D eigenvalue weighted by molar-refractivity contribution is 8.43. The first-order valence-corrected chi connectivity index (χ1v) is 8.01. The van der Waals surface area contributed by atoms with Gasteiger partial charge in [-0.05, 0) is 18.7 Å². The highest BCUT2D eigenvalue weighted by Crippen LogP contribution is 2.39. The van der Waals surface area contributed by atoms with Gasteiger partial charge in [-0.2, -0.15) is 0 Å². The van der Waals surface area contributed by atoms with Gasteiger partial charge in [0, 0.05) is 6.61 Å². The predicted octanol–water partition coefficient (Wildman–Crippen LogP) is -0.805. The smallest absolute Gasteiger partial charge is 0.380 e. The molecule has 0 amide bonds. The molecule has 0 spiro atoms. The van der Waals surface area contributed by atoms with Crippen LogP contribution in [0.5, 0.6) is 0 Å². The molecule has 0 aromatic heterocycles. The molecular weight excluding hydrogens is 262 g/mol. The van der Waals surface area contributed by atoms with Gasteiger partial charge in [-0.15, -0.1) is 0 Å². The molecule has 0 atom stereocenters. The first kappa shape index (κ1) is 19.5. The van der Waals surface area contributed by atoms with E-state index in [4.69, 9.17) is 29.6 Å². The molecule has 0 saturated carbocycles. The Morgan fingerprint density at radius 2 is 1.23 bits per heavy atom. The Labute approximate surface area is 85.6 Å². The van der Waals surface area contributed by atoms with Gasteiger partial charge in [0.25, 0.3) is 0 Å². The van der Waals surface area contributed by atoms with Crippen molar-refractivity contribution in [1.29, 1.82) is 0 Å². The molecule has 84 valence electrons. The van der Waals surface area contributed by atoms with Gasteiger partial charge < -0.3 is 29.6 Å². The summed E-state index contributed by atoms with van der Waals surface area (Å²) in [6.07, 6.45) is 0. The number of rotatable bonds is 0. The molecule has 6 N–H and O–H groups in total. The predicted molar refractivity (Wildman–Crippen MR) is 54.7 cm³/mol. The van der Waals surface area contributed by atoms with Gasteiger partial charge in [-0.1, -0.05) is 12.2 Å². The summed E-state index contributed by atoms with van der Waals surface area (Å²) in [4.78, 5) is 37.7. The van der Waals surface area contributed by atoms with Crippen molar-refractivity contribution < 1.29 is 34.1 Å². The Kier molecular flexibility index (Phi) is 14.3. The van der Waals surface area contributed by atoms with Crippen LogP contribution in [0.4, 0.5) is 0 Å². The standard InChI is InChI=1S/C2H6O.2H3O3PS/c1-2-3;2*1-4(2,3)5/h3H,2H2,1H3;2*(H3,1,2,3,5). The van der Waals surface area contributed by atoms with Crippen LogP contribution in [-0.4, -0.2) is 36.2 Å². The van der Waals surface area contributed by atoms with Gasteiger partial charge in [-0.3, -0.25) is 0 Å². The quantitative estimate of drug-likeness (QED) is 0.225. The summed E-state index contributed by atoms with van der Waals surface area (Å²) < 4.78 is 9.19. The van der Waals surface area contributed by atoms with Crippen LogP contribution < -0.4 is 0 Å². The van der Waals surface area contributed by atoms with E-state index in [9.17, 15) is 4.57 Å². The van der Waals surface area contributed by atoms with E-state index in [1.165, 1.54) is 0 Å². The molecule has 0 heterocycles. The zero-order valence-electron chi connectivity index (χ0n) is 6.55. The Bertz CT molecular complexity index is 146. The molecule has 7 nitrogen and oxygen atoms in total. The van der Waals surface area contributed by atoms with E-state index >= 15 is 0 Å². The molecule has 0 aliphatic rings. The Morgan fingerprint density at radius 1 is 1.23 bits per heavy atom. The van der Waals surface area contributed by atoms with Crippen LogP contribution in [0.1, 0.15) is 6.92 Å². The van der Waals surface area contributed by atoms with Gasteiger partial charge in [-0.25, -0.2) is 4.57 Å². The van der Waals surface area contributed by atoms with Crippen molar-refractivity contribution in [2.75, 3.05) is 6.61 Å². The van der Waals surface area contributed by atoms with E-state index in [2.05, 4.69) is 24.1 Å². The highest BCUT2D eigenvalue weighted by Gasteiger charge is 1.97. The van der Waals surface area contributed by atoms with Crippen molar-refractivity contribution in [3.63, 3.8) is 0 Å². The Hall–Kier alpha value is 0.990. The third-order valence-corrected chi connectivity index (χ3v) is 0. The van der Waals surface area contributed by atoms with Gasteiger partial charge in [0.05, 0.1) is 0 Å². The maximum absolute atomic E-state index is 9.19. The maximum atomic E-state index is 9.19. The number of hydrogen-bond donors (Lipinski definition) is 7. The Morgan fingerprint density at radius 3 is 1.23 bits per heavy atom. The first-order chi connectivity index (χ1) is 5.41. The molecule has 0 aliphatic heterocycles. The maximum Gasteiger partial charge on any atom is 0.380 e. The minimum Gasteiger partial charge on any atom is -0.397 e. The lowest BCUT2D eigenvalue weighted by atomic mass is 10.9. The summed E-state index contributed by atoms with van der Waals surface area (Å²) in [6, 6.07) is 0. The molecule has 0 bridgehead atoms. The molecule has 0 unspecified atom stereocenters. The van der Waals surface area contributed by atoms with Gasteiger partial charge >= 0.3 is 13.5 Å². The first-order valence-electron chi connectivity index (χ1n) is 2.59. The molecule has 0 aliphatic carbocycles. The number of aliphatic hydroxyl groups excluding tert-OH is 1. The average Bonchev–Trinajstić information content (AvgIpc) is 1.52. The van der Waals surface area contributed by atoms with Crippen molar-refractivity contribution >= 4 is 37.6 Å². The molecule has 0 aromatic carbocycles. The zero-order chi connectivity index (χ0) is 11.7. The third kappa shape index (κ3) is 1600. The summed E-state index contributed by atoms with van der Waals surface area (Å²) in [5, 5.41) is 7.57. The molecular formula is C2H12O7P2S2. The topological polar surface area (TPSA) is 138 Å². The van der Waals surface area contributed by atoms with Crippen molar-refractivity contribution in [1.82, 2.24) is 0 Å². The van der Waals surface area contributed by atoms with Crippen LogP contribution in [0.2, 0.25) is 0 Å². The number of thiol groups is 1. The lowest BCUT2D eigenvalue weighted by Gasteiger charge is -1.88. The lowest BCUT2D eigenvalue weighted by molar-refractivity contribution is 0.318. The van der Waals surface area contributed by atoms with Gasteiger partial charge in [0.15, 0.2) is 0 Å². The van der Waals surface area contributed by atoms with Crippen LogP contribution in [0.15, 0.2) is 0 Å². The summed E-state index contributed by atoms with van der Waals surface area (Å²) in [7, 11) is 0. The summed E-state index contributed by atoms with van der Waals surface area (Å²) in [5.41, 5.74) is 0. The highest BCUT2D eigenvalue weighted by atomic mass is 32.7. The van der Waals surface area contributed by atoms with E-state index in [1.807, 2.05) is 0 Å². The molecule has 0 rings (SSSR count). The third-order valence-electron chi connectivity index (χ3n) is 0. The summed E-state index contributed by atoms with van der Waals surface area (Å²) in [5.74, 6) is 0. The molecule has 0 saturated heterocycles. The van der Waals surface area contributed by atoms with Gasteiger partial charge in [0.1, 0.15) is 0 Å². The lowest BCUT2D eigenvalue weighted by Crippen LogP contribution is -1.65. The number of aliphatic hydroxyl groups is 1. The van der Waals surface area contributed by atoms with E-state index < -0.39 is 13.5 Å². The minimum atomic E-state index is -3.94. The molecule has 0 radical (unpaired) electrons. The minimum absolute atomic E-state index is 0.250. The van der Waals surface area contributed by atoms with Crippen LogP contribution in [0.25, 0.3) is 0 Å². The zero-order valence-corrected chi connectivity index (χ0v) is 10.0. The molecule has 11 heteroatoms. The normalized spacial score (nSPS) is 10.5. The van der Waals surface area contributed by atoms with Crippen molar-refractivity contribution in [2.45, 2.75) is 6.92 Å². The summed E-state index contributed by atoms with van der Waals surface area (Å²) in [6.45, 7) is -5.82. The Balaban J connectivity index is -0.000000120. The SMILES string of the molecule is CCO.O=P(O)(O)S.OP(O)(O)=S. The van der Waals surface area contributed by atoms with Crippen LogP contribution >= 0.6 is 25.8 Å². The van der Waals surface area contributed by atoms with Crippen molar-refractivity contribution in [3.05, 3.63) is 0 Å². The van der Waals surface area contributed by atoms with Crippen molar-refractivity contribution in [2.24, 2.45) is 0 Å². The van der Waals surface area contributed by atoms with E-state index in [0.717, 1.165) is 0 Å². The van der Waals surface area contributed by atoms with E-state index in [1.54, 1.807) is 6.92 Å². The fourth-order valence-corrected chi connectivity index (χ4v) is 0. The largest absolute Gasteiger partial charge is 0.397 e. The van der Waals surface area contributed by atoms with Crippen LogP contribution in [0, 0.1) is 0 Å².